The van der Waals surface area contributed by atoms with E-state index < -0.39 is 0 Å². The van der Waals surface area contributed by atoms with Crippen molar-refractivity contribution in [2.75, 3.05) is 13.2 Å². The zero-order valence-electron chi connectivity index (χ0n) is 9.92. The van der Waals surface area contributed by atoms with Gasteiger partial charge in [0.15, 0.2) is 5.82 Å². The zero-order chi connectivity index (χ0) is 13.5. The number of nitrogens with zero attached hydrogens (tertiary/aromatic N) is 2. The molecule has 0 aliphatic heterocycles. The first-order valence-electron chi connectivity index (χ1n) is 5.51. The second-order valence-corrected chi connectivity index (χ2v) is 4.42. The Morgan fingerprint density at radius 2 is 2.47 bits per heavy atom. The molecule has 0 atom stereocenters. The average molecular weight is 277 g/mol. The van der Waals surface area contributed by atoms with Gasteiger partial charge in [0.1, 0.15) is 6.61 Å². The maximum atomic E-state index is 11.8. The number of thiophene rings is 1. The number of carbonyl (C=O) groups excluding carboxylic acids is 1. The molecule has 0 bridgehead atoms. The second kappa shape index (κ2) is 6.68. The Morgan fingerprint density at radius 3 is 3.21 bits per heavy atom. The molecule has 2 rings (SSSR count). The first-order valence-corrected chi connectivity index (χ1v) is 6.39. The van der Waals surface area contributed by atoms with E-state index in [1.54, 1.807) is 11.4 Å². The number of aliphatic hydroxyl groups is 1. The minimum atomic E-state index is -0.190. The monoisotopic (exact) mass is 277 g/mol. The molecule has 0 spiro atoms. The fourth-order valence-corrected chi connectivity index (χ4v) is 2.10. The van der Waals surface area contributed by atoms with E-state index in [0.29, 0.717) is 24.4 Å². The van der Waals surface area contributed by atoms with Crippen LogP contribution in [0.3, 0.4) is 0 Å². The summed E-state index contributed by atoms with van der Waals surface area (Å²) in [5.74, 6) is 5.68. The largest absolute Gasteiger partial charge is 0.384 e. The van der Waals surface area contributed by atoms with Crippen molar-refractivity contribution in [1.29, 1.82) is 0 Å². The standard InChI is InChI=1S/C12H11N3O3S/c16-5-1-2-10-6-9(7-19-10)12(17)13-4-3-11-14-8-18-15-11/h6-8,16H,3-5H2,(H,13,17). The topological polar surface area (TPSA) is 88.3 Å². The third-order valence-electron chi connectivity index (χ3n) is 2.19. The molecule has 0 radical (unpaired) electrons. The number of rotatable bonds is 4. The molecule has 2 aromatic rings. The highest BCUT2D eigenvalue weighted by molar-refractivity contribution is 7.10. The Bertz CT molecular complexity index is 595. The summed E-state index contributed by atoms with van der Waals surface area (Å²) in [5, 5.41) is 16.7. The van der Waals surface area contributed by atoms with Gasteiger partial charge in [-0.2, -0.15) is 4.98 Å². The van der Waals surface area contributed by atoms with Crippen molar-refractivity contribution >= 4 is 17.2 Å². The van der Waals surface area contributed by atoms with Crippen LogP contribution in [-0.4, -0.2) is 34.3 Å². The van der Waals surface area contributed by atoms with E-state index in [1.807, 2.05) is 0 Å². The van der Waals surface area contributed by atoms with E-state index in [-0.39, 0.29) is 12.5 Å². The molecule has 2 heterocycles. The molecule has 7 heteroatoms. The van der Waals surface area contributed by atoms with E-state index in [2.05, 4.69) is 31.8 Å². The third kappa shape index (κ3) is 3.91. The highest BCUT2D eigenvalue weighted by Crippen LogP contribution is 2.13. The van der Waals surface area contributed by atoms with Gasteiger partial charge >= 0.3 is 0 Å². The lowest BCUT2D eigenvalue weighted by atomic mass is 10.3. The van der Waals surface area contributed by atoms with Crippen LogP contribution in [0.5, 0.6) is 0 Å². The van der Waals surface area contributed by atoms with Gasteiger partial charge in [-0.25, -0.2) is 0 Å². The van der Waals surface area contributed by atoms with Crippen LogP contribution in [0, 0.1) is 11.8 Å². The Hall–Kier alpha value is -2.17. The summed E-state index contributed by atoms with van der Waals surface area (Å²) in [6, 6.07) is 1.69. The van der Waals surface area contributed by atoms with Crippen LogP contribution < -0.4 is 5.32 Å². The highest BCUT2D eigenvalue weighted by atomic mass is 32.1. The molecular weight excluding hydrogens is 266 g/mol. The van der Waals surface area contributed by atoms with Crippen molar-refractivity contribution in [3.05, 3.63) is 34.1 Å². The summed E-state index contributed by atoms with van der Waals surface area (Å²) in [6.45, 7) is 0.246. The number of hydrogen-bond acceptors (Lipinski definition) is 6. The number of aromatic nitrogens is 2. The first-order chi connectivity index (χ1) is 9.29. The number of nitrogens with one attached hydrogen (secondary N) is 1. The molecule has 2 aromatic heterocycles. The van der Waals surface area contributed by atoms with Crippen molar-refractivity contribution in [3.63, 3.8) is 0 Å². The minimum absolute atomic E-state index is 0.170. The molecule has 0 aliphatic rings. The third-order valence-corrected chi connectivity index (χ3v) is 3.04. The summed E-state index contributed by atoms with van der Waals surface area (Å²) >= 11 is 1.36. The first kappa shape index (κ1) is 13.3. The summed E-state index contributed by atoms with van der Waals surface area (Å²) < 4.78 is 4.59. The summed E-state index contributed by atoms with van der Waals surface area (Å²) in [6.07, 6.45) is 1.77. The molecule has 0 fully saturated rings. The fraction of sp³-hybridized carbons (Fsp3) is 0.250. The molecule has 0 unspecified atom stereocenters. The van der Waals surface area contributed by atoms with Gasteiger partial charge in [-0.15, -0.1) is 11.3 Å². The molecule has 2 N–H and O–H groups in total. The van der Waals surface area contributed by atoms with Gasteiger partial charge < -0.3 is 14.9 Å². The molecule has 98 valence electrons. The predicted octanol–water partition coefficient (Wildman–Crippen LogP) is 0.447. The summed E-state index contributed by atoms with van der Waals surface area (Å²) in [4.78, 5) is 16.4. The minimum Gasteiger partial charge on any atom is -0.384 e. The van der Waals surface area contributed by atoms with Gasteiger partial charge in [-0.1, -0.05) is 17.0 Å². The smallest absolute Gasteiger partial charge is 0.252 e. The SMILES string of the molecule is O=C(NCCc1ncon1)c1csc(C#CCO)c1. The van der Waals surface area contributed by atoms with Crippen molar-refractivity contribution in [1.82, 2.24) is 15.5 Å². The number of carbonyl (C=O) groups is 1. The van der Waals surface area contributed by atoms with Crippen molar-refractivity contribution in [2.45, 2.75) is 6.42 Å². The molecule has 19 heavy (non-hydrogen) atoms. The zero-order valence-corrected chi connectivity index (χ0v) is 10.7. The van der Waals surface area contributed by atoms with Gasteiger partial charge in [-0.3, -0.25) is 4.79 Å². The van der Waals surface area contributed by atoms with E-state index in [0.717, 1.165) is 4.88 Å². The van der Waals surface area contributed by atoms with Crippen molar-refractivity contribution in [3.8, 4) is 11.8 Å². The van der Waals surface area contributed by atoms with Crippen molar-refractivity contribution < 1.29 is 14.4 Å². The second-order valence-electron chi connectivity index (χ2n) is 3.51. The number of hydrogen-bond donors (Lipinski definition) is 2. The van der Waals surface area contributed by atoms with Gasteiger partial charge in [0, 0.05) is 18.3 Å². The number of aliphatic hydroxyl groups excluding tert-OH is 1. The molecule has 0 saturated carbocycles. The number of amides is 1. The maximum absolute atomic E-state index is 11.8. The molecule has 0 saturated heterocycles. The fourth-order valence-electron chi connectivity index (χ4n) is 1.34. The van der Waals surface area contributed by atoms with Crippen LogP contribution in [0.4, 0.5) is 0 Å². The van der Waals surface area contributed by atoms with Crippen LogP contribution >= 0.6 is 11.3 Å². The van der Waals surface area contributed by atoms with Gasteiger partial charge in [0.05, 0.1) is 10.4 Å². The Balaban J connectivity index is 1.84. The average Bonchev–Trinajstić information content (AvgIpc) is 3.07. The lowest BCUT2D eigenvalue weighted by Crippen LogP contribution is -2.25. The molecule has 0 aliphatic carbocycles. The quantitative estimate of drug-likeness (QED) is 0.792. The lowest BCUT2D eigenvalue weighted by Gasteiger charge is -2.00. The normalized spacial score (nSPS) is 9.74. The molecule has 6 nitrogen and oxygen atoms in total. The van der Waals surface area contributed by atoms with Crippen LogP contribution in [0.1, 0.15) is 21.1 Å². The van der Waals surface area contributed by atoms with Crippen molar-refractivity contribution in [2.24, 2.45) is 0 Å². The molecular formula is C12H11N3O3S. The predicted molar refractivity (Wildman–Crippen MR) is 68.6 cm³/mol. The van der Waals surface area contributed by atoms with Crippen LogP contribution in [0.15, 0.2) is 22.4 Å². The van der Waals surface area contributed by atoms with Gasteiger partial charge in [0.2, 0.25) is 6.39 Å². The van der Waals surface area contributed by atoms with Gasteiger partial charge in [-0.05, 0) is 6.07 Å². The molecule has 0 aromatic carbocycles. The van der Waals surface area contributed by atoms with Crippen LogP contribution in [0.2, 0.25) is 0 Å². The highest BCUT2D eigenvalue weighted by Gasteiger charge is 2.08. The van der Waals surface area contributed by atoms with E-state index >= 15 is 0 Å². The molecule has 1 amide bonds. The summed E-state index contributed by atoms with van der Waals surface area (Å²) in [7, 11) is 0. The van der Waals surface area contributed by atoms with Gasteiger partial charge in [0.25, 0.3) is 5.91 Å². The lowest BCUT2D eigenvalue weighted by molar-refractivity contribution is 0.0954. The summed E-state index contributed by atoms with van der Waals surface area (Å²) in [5.41, 5.74) is 0.556. The Morgan fingerprint density at radius 1 is 1.58 bits per heavy atom. The van der Waals surface area contributed by atoms with Crippen LogP contribution in [-0.2, 0) is 6.42 Å². The van der Waals surface area contributed by atoms with Crippen LogP contribution in [0.25, 0.3) is 0 Å². The Labute approximate surface area is 113 Å². The van der Waals surface area contributed by atoms with E-state index in [4.69, 9.17) is 5.11 Å². The van der Waals surface area contributed by atoms with E-state index in [9.17, 15) is 4.79 Å². The Kier molecular flexibility index (Phi) is 4.66. The maximum Gasteiger partial charge on any atom is 0.252 e. The van der Waals surface area contributed by atoms with E-state index in [1.165, 1.54) is 17.7 Å².